The molecule has 3 unspecified atom stereocenters. The largest absolute Gasteiger partial charge is 0.479 e. The smallest absolute Gasteiger partial charge is 0.332 e. The zero-order chi connectivity index (χ0) is 12.4. The van der Waals surface area contributed by atoms with Crippen molar-refractivity contribution >= 4 is 11.9 Å². The lowest BCUT2D eigenvalue weighted by molar-refractivity contribution is -0.152. The van der Waals surface area contributed by atoms with Crippen LogP contribution in [0.4, 0.5) is 0 Å². The number of amides is 1. The molecule has 2 N–H and O–H groups in total. The minimum atomic E-state index is -0.979. The van der Waals surface area contributed by atoms with Gasteiger partial charge in [0.05, 0.1) is 0 Å². The summed E-state index contributed by atoms with van der Waals surface area (Å²) in [5, 5.41) is 11.7. The van der Waals surface area contributed by atoms with Gasteiger partial charge in [-0.3, -0.25) is 4.79 Å². The second-order valence-electron chi connectivity index (χ2n) is 5.02. The molecule has 1 aliphatic carbocycles. The summed E-state index contributed by atoms with van der Waals surface area (Å²) in [7, 11) is 0. The topological polar surface area (TPSA) is 75.6 Å². The quantitative estimate of drug-likeness (QED) is 0.767. The van der Waals surface area contributed by atoms with Gasteiger partial charge in [-0.25, -0.2) is 4.79 Å². The molecule has 1 saturated heterocycles. The van der Waals surface area contributed by atoms with Gasteiger partial charge in [-0.2, -0.15) is 0 Å². The zero-order valence-electron chi connectivity index (χ0n) is 10.0. The number of carbonyl (C=O) groups excluding carboxylic acids is 1. The molecule has 5 nitrogen and oxygen atoms in total. The number of ether oxygens (including phenoxy) is 1. The number of rotatable bonds is 4. The van der Waals surface area contributed by atoms with E-state index < -0.39 is 18.2 Å². The second kappa shape index (κ2) is 5.04. The highest BCUT2D eigenvalue weighted by Crippen LogP contribution is 2.29. The van der Waals surface area contributed by atoms with Crippen molar-refractivity contribution in [1.82, 2.24) is 5.32 Å². The van der Waals surface area contributed by atoms with Crippen molar-refractivity contribution < 1.29 is 19.4 Å². The minimum Gasteiger partial charge on any atom is -0.479 e. The molecule has 2 aliphatic rings. The fourth-order valence-electron chi connectivity index (χ4n) is 2.39. The molecule has 17 heavy (non-hydrogen) atoms. The Labute approximate surface area is 101 Å². The van der Waals surface area contributed by atoms with E-state index in [1.54, 1.807) is 0 Å². The Hall–Kier alpha value is -1.10. The van der Waals surface area contributed by atoms with Gasteiger partial charge >= 0.3 is 5.97 Å². The summed E-state index contributed by atoms with van der Waals surface area (Å²) in [4.78, 5) is 22.5. The Kier molecular flexibility index (Phi) is 3.66. The lowest BCUT2D eigenvalue weighted by atomic mass is 9.80. The molecule has 0 bridgehead atoms. The van der Waals surface area contributed by atoms with Crippen LogP contribution < -0.4 is 5.32 Å². The first-order valence-electron chi connectivity index (χ1n) is 6.26. The fourth-order valence-corrected chi connectivity index (χ4v) is 2.39. The van der Waals surface area contributed by atoms with Crippen molar-refractivity contribution in [3.8, 4) is 0 Å². The maximum Gasteiger partial charge on any atom is 0.332 e. The molecule has 0 aromatic rings. The summed E-state index contributed by atoms with van der Waals surface area (Å²) in [5.41, 5.74) is 0. The Bertz CT molecular complexity index is 314. The maximum absolute atomic E-state index is 11.8. The third kappa shape index (κ3) is 2.77. The van der Waals surface area contributed by atoms with E-state index in [0.29, 0.717) is 18.8 Å². The molecular formula is C12H19NO4. The highest BCUT2D eigenvalue weighted by molar-refractivity contribution is 5.82. The minimum absolute atomic E-state index is 0.159. The summed E-state index contributed by atoms with van der Waals surface area (Å²) >= 11 is 0. The third-order valence-corrected chi connectivity index (χ3v) is 3.81. The number of carboxylic acid groups (broad SMARTS) is 1. The van der Waals surface area contributed by atoms with Gasteiger partial charge in [0.15, 0.2) is 6.10 Å². The average Bonchev–Trinajstić information content (AvgIpc) is 2.62. The summed E-state index contributed by atoms with van der Waals surface area (Å²) < 4.78 is 5.21. The molecule has 0 aromatic carbocycles. The van der Waals surface area contributed by atoms with Crippen LogP contribution in [0.25, 0.3) is 0 Å². The number of carboxylic acids is 1. The first kappa shape index (κ1) is 12.4. The molecular weight excluding hydrogens is 222 g/mol. The van der Waals surface area contributed by atoms with Crippen molar-refractivity contribution in [2.24, 2.45) is 5.92 Å². The van der Waals surface area contributed by atoms with E-state index in [2.05, 4.69) is 5.32 Å². The van der Waals surface area contributed by atoms with E-state index in [1.165, 1.54) is 19.3 Å². The van der Waals surface area contributed by atoms with Crippen LogP contribution in [0.2, 0.25) is 0 Å². The first-order chi connectivity index (χ1) is 8.08. The number of carbonyl (C=O) groups is 2. The highest BCUT2D eigenvalue weighted by atomic mass is 16.5. The van der Waals surface area contributed by atoms with E-state index in [1.807, 2.05) is 6.92 Å². The van der Waals surface area contributed by atoms with Gasteiger partial charge in [0, 0.05) is 6.04 Å². The monoisotopic (exact) mass is 241 g/mol. The number of hydrogen-bond donors (Lipinski definition) is 2. The molecule has 5 heteroatoms. The average molecular weight is 241 g/mol. The molecule has 3 atom stereocenters. The van der Waals surface area contributed by atoms with Gasteiger partial charge in [0.1, 0.15) is 6.10 Å². The van der Waals surface area contributed by atoms with E-state index >= 15 is 0 Å². The molecule has 1 aliphatic heterocycles. The lowest BCUT2D eigenvalue weighted by Gasteiger charge is -2.32. The Balaban J connectivity index is 1.78. The van der Waals surface area contributed by atoms with Gasteiger partial charge in [0.2, 0.25) is 5.91 Å². The van der Waals surface area contributed by atoms with Crippen LogP contribution in [-0.4, -0.2) is 35.2 Å². The van der Waals surface area contributed by atoms with Crippen molar-refractivity contribution in [2.75, 3.05) is 0 Å². The van der Waals surface area contributed by atoms with E-state index in [0.717, 1.165) is 0 Å². The summed E-state index contributed by atoms with van der Waals surface area (Å²) in [6.45, 7) is 2.01. The lowest BCUT2D eigenvalue weighted by Crippen LogP contribution is -2.45. The summed E-state index contributed by atoms with van der Waals surface area (Å²) in [6.07, 6.45) is 3.11. The van der Waals surface area contributed by atoms with Crippen molar-refractivity contribution in [2.45, 2.75) is 57.3 Å². The van der Waals surface area contributed by atoms with Crippen LogP contribution in [0.1, 0.15) is 39.0 Å². The number of hydrogen-bond acceptors (Lipinski definition) is 3. The standard InChI is InChI=1S/C12H19NO4/c1-7(8-3-2-4-8)13-11(14)9-5-6-10(17-9)12(15)16/h7-10H,2-6H2,1H3,(H,13,14)(H,15,16). The van der Waals surface area contributed by atoms with Crippen molar-refractivity contribution in [3.63, 3.8) is 0 Å². The van der Waals surface area contributed by atoms with Gasteiger partial charge in [0.25, 0.3) is 0 Å². The summed E-state index contributed by atoms with van der Waals surface area (Å²) in [6, 6.07) is 0.170. The first-order valence-corrected chi connectivity index (χ1v) is 6.26. The SMILES string of the molecule is CC(NC(=O)C1CCC(C(=O)O)O1)C1CCC1. The molecule has 1 amide bonds. The molecule has 1 saturated carbocycles. The van der Waals surface area contributed by atoms with Crippen molar-refractivity contribution in [1.29, 1.82) is 0 Å². The Morgan fingerprint density at radius 3 is 2.35 bits per heavy atom. The Morgan fingerprint density at radius 1 is 1.24 bits per heavy atom. The molecule has 0 spiro atoms. The van der Waals surface area contributed by atoms with Crippen molar-refractivity contribution in [3.05, 3.63) is 0 Å². The second-order valence-corrected chi connectivity index (χ2v) is 5.02. The highest BCUT2D eigenvalue weighted by Gasteiger charge is 2.36. The van der Waals surface area contributed by atoms with E-state index in [-0.39, 0.29) is 11.9 Å². The molecule has 2 fully saturated rings. The maximum atomic E-state index is 11.8. The van der Waals surface area contributed by atoms with Gasteiger partial charge in [-0.05, 0) is 38.5 Å². The van der Waals surface area contributed by atoms with Gasteiger partial charge in [-0.15, -0.1) is 0 Å². The fraction of sp³-hybridized carbons (Fsp3) is 0.833. The van der Waals surface area contributed by atoms with Crippen LogP contribution in [0, 0.1) is 5.92 Å². The third-order valence-electron chi connectivity index (χ3n) is 3.81. The van der Waals surface area contributed by atoms with Crippen LogP contribution in [0.5, 0.6) is 0 Å². The normalized spacial score (nSPS) is 30.6. The zero-order valence-corrected chi connectivity index (χ0v) is 10.0. The molecule has 96 valence electrons. The molecule has 1 heterocycles. The van der Waals surface area contributed by atoms with E-state index in [9.17, 15) is 9.59 Å². The van der Waals surface area contributed by atoms with Crippen LogP contribution in [0.3, 0.4) is 0 Å². The van der Waals surface area contributed by atoms with Crippen LogP contribution in [0.15, 0.2) is 0 Å². The molecule has 0 radical (unpaired) electrons. The predicted molar refractivity (Wildman–Crippen MR) is 60.5 cm³/mol. The van der Waals surface area contributed by atoms with Gasteiger partial charge in [-0.1, -0.05) is 6.42 Å². The van der Waals surface area contributed by atoms with Crippen LogP contribution >= 0.6 is 0 Å². The van der Waals surface area contributed by atoms with Crippen LogP contribution in [-0.2, 0) is 14.3 Å². The molecule has 0 aromatic heterocycles. The number of nitrogens with one attached hydrogen (secondary N) is 1. The Morgan fingerprint density at radius 2 is 1.88 bits per heavy atom. The predicted octanol–water partition coefficient (Wildman–Crippen LogP) is 0.923. The number of aliphatic carboxylic acids is 1. The molecule has 2 rings (SSSR count). The van der Waals surface area contributed by atoms with E-state index in [4.69, 9.17) is 9.84 Å². The van der Waals surface area contributed by atoms with Gasteiger partial charge < -0.3 is 15.2 Å². The summed E-state index contributed by atoms with van der Waals surface area (Å²) in [5.74, 6) is -0.559.